The number of hydrogen-bond acceptors (Lipinski definition) is 3. The van der Waals surface area contributed by atoms with Crippen molar-refractivity contribution in [2.45, 2.75) is 44.1 Å². The van der Waals surface area contributed by atoms with Crippen LogP contribution in [0.15, 0.2) is 42.6 Å². The number of fused-ring (bicyclic) bond motifs is 1. The Balaban J connectivity index is 1.40. The van der Waals surface area contributed by atoms with Crippen LogP contribution < -0.4 is 10.6 Å². The third-order valence-corrected chi connectivity index (χ3v) is 4.95. The molecule has 4 nitrogen and oxygen atoms in total. The van der Waals surface area contributed by atoms with Gasteiger partial charge in [-0.15, -0.1) is 0 Å². The second-order valence-corrected chi connectivity index (χ2v) is 6.85. The molecule has 1 amide bonds. The molecular formula is C20H23N3O. The first-order valence-corrected chi connectivity index (χ1v) is 8.88. The number of nitrogens with one attached hydrogen (secondary N) is 2. The van der Waals surface area contributed by atoms with Crippen molar-refractivity contribution in [1.82, 2.24) is 10.3 Å². The van der Waals surface area contributed by atoms with E-state index in [2.05, 4.69) is 39.9 Å². The highest BCUT2D eigenvalue weighted by Gasteiger charge is 2.22. The lowest BCUT2D eigenvalue weighted by molar-refractivity contribution is 0.0950. The topological polar surface area (TPSA) is 54.0 Å². The third-order valence-electron chi connectivity index (χ3n) is 4.95. The van der Waals surface area contributed by atoms with Crippen molar-refractivity contribution in [2.24, 2.45) is 0 Å². The van der Waals surface area contributed by atoms with Gasteiger partial charge in [-0.05, 0) is 55.4 Å². The van der Waals surface area contributed by atoms with Crippen LogP contribution in [0.1, 0.15) is 53.1 Å². The summed E-state index contributed by atoms with van der Waals surface area (Å²) in [6, 6.07) is 12.8. The van der Waals surface area contributed by atoms with Crippen LogP contribution >= 0.6 is 0 Å². The number of pyridine rings is 1. The van der Waals surface area contributed by atoms with Crippen LogP contribution in [0, 0.1) is 0 Å². The molecule has 0 radical (unpaired) electrons. The molecule has 24 heavy (non-hydrogen) atoms. The van der Waals surface area contributed by atoms with Crippen molar-refractivity contribution in [1.29, 1.82) is 0 Å². The molecule has 2 N–H and O–H groups in total. The number of hydrogen-bond donors (Lipinski definition) is 2. The Kier molecular flexibility index (Phi) is 4.20. The maximum Gasteiger partial charge on any atom is 0.251 e. The number of carbonyl (C=O) groups is 1. The second-order valence-electron chi connectivity index (χ2n) is 6.85. The Bertz CT molecular complexity index is 739. The monoisotopic (exact) mass is 321 g/mol. The summed E-state index contributed by atoms with van der Waals surface area (Å²) in [5.74, 6) is 1.21. The van der Waals surface area contributed by atoms with Crippen LogP contribution in [0.3, 0.4) is 0 Å². The Morgan fingerprint density at radius 2 is 2.04 bits per heavy atom. The molecule has 0 aliphatic heterocycles. The van der Waals surface area contributed by atoms with E-state index in [9.17, 15) is 4.79 Å². The number of nitrogens with zero attached hydrogens (tertiary/aromatic N) is 1. The van der Waals surface area contributed by atoms with E-state index in [-0.39, 0.29) is 5.91 Å². The van der Waals surface area contributed by atoms with Gasteiger partial charge in [0.05, 0.1) is 0 Å². The van der Waals surface area contributed by atoms with Gasteiger partial charge < -0.3 is 10.6 Å². The van der Waals surface area contributed by atoms with Crippen molar-refractivity contribution in [3.8, 4) is 0 Å². The Hall–Kier alpha value is -2.36. The SMILES string of the molecule is O=C(NC[C@@H]1CCCc2ccccc21)c1ccnc(NC2CC2)c1. The molecule has 0 spiro atoms. The minimum atomic E-state index is -0.0145. The first-order valence-electron chi connectivity index (χ1n) is 8.88. The van der Waals surface area contributed by atoms with Gasteiger partial charge in [0.25, 0.3) is 5.91 Å². The summed E-state index contributed by atoms with van der Waals surface area (Å²) in [5, 5.41) is 6.45. The summed E-state index contributed by atoms with van der Waals surface area (Å²) < 4.78 is 0. The van der Waals surface area contributed by atoms with E-state index in [0.29, 0.717) is 24.1 Å². The number of anilines is 1. The van der Waals surface area contributed by atoms with Gasteiger partial charge in [-0.25, -0.2) is 4.98 Å². The standard InChI is InChI=1S/C20H23N3O/c24-20(15-10-11-21-19(12-15)23-17-8-9-17)22-13-16-6-3-5-14-4-1-2-7-18(14)16/h1-2,4,7,10-12,16-17H,3,5-6,8-9,13H2,(H,21,23)(H,22,24)/t16-/m0/s1. The molecule has 0 bridgehead atoms. The molecular weight excluding hydrogens is 298 g/mol. The van der Waals surface area contributed by atoms with Crippen LogP contribution in [0.4, 0.5) is 5.82 Å². The second kappa shape index (κ2) is 6.63. The summed E-state index contributed by atoms with van der Waals surface area (Å²) in [6.45, 7) is 0.698. The van der Waals surface area contributed by atoms with E-state index in [1.807, 2.05) is 6.07 Å². The van der Waals surface area contributed by atoms with Gasteiger partial charge >= 0.3 is 0 Å². The molecule has 1 fully saturated rings. The molecule has 2 aromatic rings. The zero-order chi connectivity index (χ0) is 16.4. The largest absolute Gasteiger partial charge is 0.367 e. The summed E-state index contributed by atoms with van der Waals surface area (Å²) in [4.78, 5) is 16.8. The fourth-order valence-electron chi connectivity index (χ4n) is 3.47. The normalized spacial score (nSPS) is 19.4. The zero-order valence-electron chi connectivity index (χ0n) is 13.8. The summed E-state index contributed by atoms with van der Waals surface area (Å²) in [5.41, 5.74) is 3.51. The van der Waals surface area contributed by atoms with E-state index >= 15 is 0 Å². The lowest BCUT2D eigenvalue weighted by Crippen LogP contribution is -2.30. The van der Waals surface area contributed by atoms with E-state index < -0.39 is 0 Å². The highest BCUT2D eigenvalue weighted by Crippen LogP contribution is 2.31. The minimum absolute atomic E-state index is 0.0145. The van der Waals surface area contributed by atoms with E-state index in [1.54, 1.807) is 12.3 Å². The molecule has 1 aromatic carbocycles. The van der Waals surface area contributed by atoms with E-state index in [0.717, 1.165) is 18.7 Å². The van der Waals surface area contributed by atoms with Gasteiger partial charge in [-0.3, -0.25) is 4.79 Å². The number of benzene rings is 1. The molecule has 2 aliphatic carbocycles. The average molecular weight is 321 g/mol. The number of rotatable bonds is 5. The Morgan fingerprint density at radius 1 is 1.17 bits per heavy atom. The van der Waals surface area contributed by atoms with Gasteiger partial charge in [0, 0.05) is 30.3 Å². The minimum Gasteiger partial charge on any atom is -0.367 e. The Labute approximate surface area is 142 Å². The summed E-state index contributed by atoms with van der Waals surface area (Å²) >= 11 is 0. The van der Waals surface area contributed by atoms with Gasteiger partial charge in [-0.2, -0.15) is 0 Å². The predicted octanol–water partition coefficient (Wildman–Crippen LogP) is 3.51. The average Bonchev–Trinajstić information content (AvgIpc) is 3.44. The van der Waals surface area contributed by atoms with E-state index in [1.165, 1.54) is 30.4 Å². The number of amides is 1. The van der Waals surface area contributed by atoms with Crippen LogP contribution in [0.5, 0.6) is 0 Å². The quantitative estimate of drug-likeness (QED) is 0.886. The maximum absolute atomic E-state index is 12.5. The molecule has 4 rings (SSSR count). The number of aryl methyl sites for hydroxylation is 1. The maximum atomic E-state index is 12.5. The fourth-order valence-corrected chi connectivity index (χ4v) is 3.47. The first-order chi connectivity index (χ1) is 11.8. The first kappa shape index (κ1) is 15.2. The van der Waals surface area contributed by atoms with Crippen molar-refractivity contribution in [3.63, 3.8) is 0 Å². The molecule has 1 saturated carbocycles. The van der Waals surface area contributed by atoms with Crippen molar-refractivity contribution >= 4 is 11.7 Å². The number of aromatic nitrogens is 1. The van der Waals surface area contributed by atoms with Crippen LogP contribution in [-0.4, -0.2) is 23.5 Å². The molecule has 1 heterocycles. The van der Waals surface area contributed by atoms with Crippen LogP contribution in [0.2, 0.25) is 0 Å². The van der Waals surface area contributed by atoms with Gasteiger partial charge in [0.15, 0.2) is 0 Å². The summed E-state index contributed by atoms with van der Waals surface area (Å²) in [7, 11) is 0. The Morgan fingerprint density at radius 3 is 2.92 bits per heavy atom. The summed E-state index contributed by atoms with van der Waals surface area (Å²) in [6.07, 6.45) is 7.58. The van der Waals surface area contributed by atoms with Gasteiger partial charge in [0.2, 0.25) is 0 Å². The van der Waals surface area contributed by atoms with Crippen molar-refractivity contribution < 1.29 is 4.79 Å². The third kappa shape index (κ3) is 3.42. The zero-order valence-corrected chi connectivity index (χ0v) is 13.8. The van der Waals surface area contributed by atoms with Crippen molar-refractivity contribution in [2.75, 3.05) is 11.9 Å². The van der Waals surface area contributed by atoms with E-state index in [4.69, 9.17) is 0 Å². The van der Waals surface area contributed by atoms with Crippen LogP contribution in [0.25, 0.3) is 0 Å². The molecule has 1 atom stereocenters. The lowest BCUT2D eigenvalue weighted by Gasteiger charge is -2.25. The number of carbonyl (C=O) groups excluding carboxylic acids is 1. The lowest BCUT2D eigenvalue weighted by atomic mass is 9.83. The highest BCUT2D eigenvalue weighted by molar-refractivity contribution is 5.94. The van der Waals surface area contributed by atoms with Gasteiger partial charge in [-0.1, -0.05) is 24.3 Å². The molecule has 1 aromatic heterocycles. The van der Waals surface area contributed by atoms with Gasteiger partial charge in [0.1, 0.15) is 5.82 Å². The molecule has 2 aliphatic rings. The fraction of sp³-hybridized carbons (Fsp3) is 0.400. The predicted molar refractivity (Wildman–Crippen MR) is 95.3 cm³/mol. The molecule has 4 heteroatoms. The molecule has 0 unspecified atom stereocenters. The molecule has 124 valence electrons. The highest BCUT2D eigenvalue weighted by atomic mass is 16.1. The van der Waals surface area contributed by atoms with Crippen LogP contribution in [-0.2, 0) is 6.42 Å². The molecule has 0 saturated heterocycles. The smallest absolute Gasteiger partial charge is 0.251 e. The van der Waals surface area contributed by atoms with Crippen molar-refractivity contribution in [3.05, 3.63) is 59.3 Å².